The van der Waals surface area contributed by atoms with Gasteiger partial charge in [0.1, 0.15) is 5.82 Å². The first kappa shape index (κ1) is 20.6. The number of para-hydroxylation sites is 1. The minimum absolute atomic E-state index is 0.204. The van der Waals surface area contributed by atoms with Gasteiger partial charge in [-0.15, -0.1) is 10.2 Å². The van der Waals surface area contributed by atoms with Crippen molar-refractivity contribution in [3.63, 3.8) is 0 Å². The number of halogens is 1. The summed E-state index contributed by atoms with van der Waals surface area (Å²) in [4.78, 5) is 14.3. The fourth-order valence-electron chi connectivity index (χ4n) is 2.92. The summed E-state index contributed by atoms with van der Waals surface area (Å²) in [6, 6.07) is 6.16. The minimum atomic E-state index is -0.435. The maximum Gasteiger partial charge on any atom is 0.228 e. The lowest BCUT2D eigenvalue weighted by molar-refractivity contribution is -0.115. The van der Waals surface area contributed by atoms with Crippen LogP contribution >= 0.6 is 11.8 Å². The van der Waals surface area contributed by atoms with E-state index in [0.717, 1.165) is 30.7 Å². The van der Waals surface area contributed by atoms with E-state index in [9.17, 15) is 9.18 Å². The maximum absolute atomic E-state index is 13.6. The van der Waals surface area contributed by atoms with Crippen molar-refractivity contribution in [2.24, 2.45) is 5.92 Å². The second kappa shape index (κ2) is 9.88. The van der Waals surface area contributed by atoms with Crippen LogP contribution in [0.15, 0.2) is 29.4 Å². The lowest BCUT2D eigenvalue weighted by atomic mass is 10.2. The van der Waals surface area contributed by atoms with E-state index >= 15 is 0 Å². The first-order chi connectivity index (χ1) is 13.5. The fourth-order valence-corrected chi connectivity index (χ4v) is 3.80. The normalized spacial score (nSPS) is 14.5. The molecular formula is C19H26FN5O2S. The Morgan fingerprint density at radius 3 is 2.75 bits per heavy atom. The number of benzene rings is 1. The second-order valence-corrected chi connectivity index (χ2v) is 8.08. The van der Waals surface area contributed by atoms with Gasteiger partial charge < -0.3 is 15.0 Å². The van der Waals surface area contributed by atoms with E-state index in [1.54, 1.807) is 18.2 Å². The summed E-state index contributed by atoms with van der Waals surface area (Å²) >= 11 is 1.49. The van der Waals surface area contributed by atoms with Crippen LogP contribution in [0.25, 0.3) is 0 Å². The number of aromatic nitrogens is 3. The minimum Gasteiger partial charge on any atom is -0.378 e. The highest BCUT2D eigenvalue weighted by Crippen LogP contribution is 2.25. The summed E-state index contributed by atoms with van der Waals surface area (Å²) < 4.78 is 21.2. The van der Waals surface area contributed by atoms with Crippen LogP contribution in [-0.4, -0.2) is 52.7 Å². The van der Waals surface area contributed by atoms with Gasteiger partial charge in [0, 0.05) is 31.8 Å². The largest absolute Gasteiger partial charge is 0.378 e. The van der Waals surface area contributed by atoms with E-state index in [1.165, 1.54) is 17.8 Å². The van der Waals surface area contributed by atoms with Gasteiger partial charge in [0.15, 0.2) is 5.16 Å². The lowest BCUT2D eigenvalue weighted by Crippen LogP contribution is -2.38. The molecule has 0 radical (unpaired) electrons. The summed E-state index contributed by atoms with van der Waals surface area (Å²) in [6.45, 7) is 8.08. The number of rotatable bonds is 8. The van der Waals surface area contributed by atoms with Gasteiger partial charge in [0.2, 0.25) is 11.9 Å². The van der Waals surface area contributed by atoms with Crippen LogP contribution in [0.1, 0.15) is 20.3 Å². The summed E-state index contributed by atoms with van der Waals surface area (Å²) in [6.07, 6.45) is 0.264. The van der Waals surface area contributed by atoms with E-state index in [4.69, 9.17) is 4.74 Å². The van der Waals surface area contributed by atoms with Gasteiger partial charge in [-0.3, -0.25) is 9.36 Å². The molecule has 1 saturated heterocycles. The highest BCUT2D eigenvalue weighted by atomic mass is 32.2. The van der Waals surface area contributed by atoms with Crippen LogP contribution in [0.4, 0.5) is 16.0 Å². The van der Waals surface area contributed by atoms with Gasteiger partial charge in [-0.2, -0.15) is 0 Å². The molecule has 1 amide bonds. The first-order valence-electron chi connectivity index (χ1n) is 9.47. The molecule has 152 valence electrons. The number of morpholine rings is 1. The molecule has 1 fully saturated rings. The predicted molar refractivity (Wildman–Crippen MR) is 108 cm³/mol. The van der Waals surface area contributed by atoms with Crippen molar-refractivity contribution < 1.29 is 13.9 Å². The quantitative estimate of drug-likeness (QED) is 0.678. The number of thioether (sulfide) groups is 1. The molecule has 7 nitrogen and oxygen atoms in total. The molecule has 3 rings (SSSR count). The SMILES string of the molecule is CC(C)Cn1c(SCCC(=O)Nc2ccccc2F)nnc1N1CCOCC1. The van der Waals surface area contributed by atoms with Crippen LogP contribution < -0.4 is 10.2 Å². The van der Waals surface area contributed by atoms with Crippen molar-refractivity contribution >= 4 is 29.3 Å². The Morgan fingerprint density at radius 2 is 2.04 bits per heavy atom. The Hall–Kier alpha value is -2.13. The third-order valence-electron chi connectivity index (χ3n) is 4.25. The number of carbonyl (C=O) groups excluding carboxylic acids is 1. The monoisotopic (exact) mass is 407 g/mol. The zero-order chi connectivity index (χ0) is 19.9. The van der Waals surface area contributed by atoms with Gasteiger partial charge in [-0.1, -0.05) is 37.7 Å². The van der Waals surface area contributed by atoms with Crippen LogP contribution in [0.3, 0.4) is 0 Å². The number of hydrogen-bond acceptors (Lipinski definition) is 6. The summed E-state index contributed by atoms with van der Waals surface area (Å²) in [5.41, 5.74) is 0.204. The van der Waals surface area contributed by atoms with Gasteiger partial charge in [-0.25, -0.2) is 4.39 Å². The highest BCUT2D eigenvalue weighted by Gasteiger charge is 2.21. The van der Waals surface area contributed by atoms with Gasteiger partial charge in [0.25, 0.3) is 0 Å². The predicted octanol–water partition coefficient (Wildman–Crippen LogP) is 3.03. The number of amides is 1. The molecule has 2 heterocycles. The molecule has 1 aliphatic rings. The van der Waals surface area contributed by atoms with Crippen LogP contribution in [0.5, 0.6) is 0 Å². The average molecular weight is 408 g/mol. The lowest BCUT2D eigenvalue weighted by Gasteiger charge is -2.28. The van der Waals surface area contributed by atoms with Crippen molar-refractivity contribution in [2.45, 2.75) is 32.0 Å². The molecule has 0 bridgehead atoms. The Morgan fingerprint density at radius 1 is 1.29 bits per heavy atom. The molecule has 1 N–H and O–H groups in total. The Bertz CT molecular complexity index is 792. The van der Waals surface area contributed by atoms with E-state index in [2.05, 4.69) is 38.8 Å². The second-order valence-electron chi connectivity index (χ2n) is 7.01. The third kappa shape index (κ3) is 5.45. The van der Waals surface area contributed by atoms with Crippen molar-refractivity contribution in [1.82, 2.24) is 14.8 Å². The molecule has 1 aromatic heterocycles. The van der Waals surface area contributed by atoms with Crippen LogP contribution in [0, 0.1) is 11.7 Å². The van der Waals surface area contributed by atoms with Crippen LogP contribution in [0.2, 0.25) is 0 Å². The number of hydrogen-bond donors (Lipinski definition) is 1. The van der Waals surface area contributed by atoms with E-state index in [-0.39, 0.29) is 18.0 Å². The molecule has 1 aromatic carbocycles. The Kier molecular flexibility index (Phi) is 7.27. The molecule has 0 saturated carbocycles. The maximum atomic E-state index is 13.6. The summed E-state index contributed by atoms with van der Waals surface area (Å²) in [7, 11) is 0. The van der Waals surface area contributed by atoms with Gasteiger partial charge in [-0.05, 0) is 18.1 Å². The van der Waals surface area contributed by atoms with Gasteiger partial charge >= 0.3 is 0 Å². The molecule has 0 aliphatic carbocycles. The highest BCUT2D eigenvalue weighted by molar-refractivity contribution is 7.99. The molecule has 0 spiro atoms. The number of nitrogens with zero attached hydrogens (tertiary/aromatic N) is 4. The average Bonchev–Trinajstić information content (AvgIpc) is 3.06. The van der Waals surface area contributed by atoms with E-state index in [0.29, 0.717) is 24.9 Å². The number of anilines is 2. The molecule has 28 heavy (non-hydrogen) atoms. The smallest absolute Gasteiger partial charge is 0.228 e. The van der Waals surface area contributed by atoms with E-state index in [1.807, 2.05) is 0 Å². The summed E-state index contributed by atoms with van der Waals surface area (Å²) in [5, 5.41) is 12.1. The summed E-state index contributed by atoms with van der Waals surface area (Å²) in [5.74, 6) is 1.19. The molecule has 2 aromatic rings. The number of ether oxygens (including phenoxy) is 1. The third-order valence-corrected chi connectivity index (χ3v) is 5.22. The zero-order valence-electron chi connectivity index (χ0n) is 16.2. The van der Waals surface area contributed by atoms with Crippen molar-refractivity contribution in [3.05, 3.63) is 30.1 Å². The van der Waals surface area contributed by atoms with Crippen molar-refractivity contribution in [2.75, 3.05) is 42.3 Å². The Balaban J connectivity index is 1.59. The fraction of sp³-hybridized carbons (Fsp3) is 0.526. The van der Waals surface area contributed by atoms with Crippen LogP contribution in [-0.2, 0) is 16.1 Å². The van der Waals surface area contributed by atoms with Crippen molar-refractivity contribution in [3.8, 4) is 0 Å². The molecular weight excluding hydrogens is 381 g/mol. The Labute approximate surface area is 168 Å². The van der Waals surface area contributed by atoms with Crippen molar-refractivity contribution in [1.29, 1.82) is 0 Å². The zero-order valence-corrected chi connectivity index (χ0v) is 17.0. The molecule has 9 heteroatoms. The topological polar surface area (TPSA) is 72.3 Å². The van der Waals surface area contributed by atoms with E-state index < -0.39 is 5.82 Å². The molecule has 1 aliphatic heterocycles. The first-order valence-corrected chi connectivity index (χ1v) is 10.5. The number of nitrogens with one attached hydrogen (secondary N) is 1. The molecule has 0 atom stereocenters. The van der Waals surface area contributed by atoms with Gasteiger partial charge in [0.05, 0.1) is 18.9 Å². The number of carbonyl (C=O) groups is 1. The standard InChI is InChI=1S/C19H26FN5O2S/c1-14(2)13-25-18(24-8-10-27-11-9-24)22-23-19(25)28-12-7-17(26)21-16-6-4-3-5-15(16)20/h3-6,14H,7-13H2,1-2H3,(H,21,26). The molecule has 0 unspecified atom stereocenters.